The summed E-state index contributed by atoms with van der Waals surface area (Å²) in [5.74, 6) is 0. The SMILES string of the molecule is BF.CCF. The quantitative estimate of drug-likeness (QED) is 0.371. The molecule has 0 nitrogen and oxygen atoms in total. The van der Waals surface area contributed by atoms with Gasteiger partial charge in [0.15, 0.2) is 0 Å². The van der Waals surface area contributed by atoms with E-state index in [1.165, 1.54) is 6.92 Å². The number of hydrogen-bond acceptors (Lipinski definition) is 0. The van der Waals surface area contributed by atoms with E-state index in [0.29, 0.717) is 8.12 Å². The van der Waals surface area contributed by atoms with E-state index >= 15 is 0 Å². The van der Waals surface area contributed by atoms with Crippen molar-refractivity contribution in [3.63, 3.8) is 0 Å². The largest absolute Gasteiger partial charge is 0.347 e. The van der Waals surface area contributed by atoms with Gasteiger partial charge in [0, 0.05) is 0 Å². The van der Waals surface area contributed by atoms with Crippen molar-refractivity contribution in [2.24, 2.45) is 0 Å². The van der Waals surface area contributed by atoms with Crippen LogP contribution in [0.2, 0.25) is 0 Å². The molecule has 0 unspecified atom stereocenters. The van der Waals surface area contributed by atoms with Crippen molar-refractivity contribution in [3.8, 4) is 0 Å². The van der Waals surface area contributed by atoms with E-state index in [-0.39, 0.29) is 6.67 Å². The molecule has 0 aromatic rings. The molecular weight excluding hydrogens is 72.8 g/mol. The summed E-state index contributed by atoms with van der Waals surface area (Å²) in [5.41, 5.74) is 0. The predicted octanol–water partition coefficient (Wildman–Crippen LogP) is 0.480. The first kappa shape index (κ1) is 8.87. The van der Waals surface area contributed by atoms with Gasteiger partial charge in [-0.15, -0.1) is 0 Å². The normalized spacial score (nSPS) is 4.60. The van der Waals surface area contributed by atoms with Gasteiger partial charge in [-0.2, -0.15) is 0 Å². The van der Waals surface area contributed by atoms with Crippen molar-refractivity contribution in [2.45, 2.75) is 6.92 Å². The minimum absolute atomic E-state index is 0.250. The molecule has 0 bridgehead atoms. The molecule has 0 atom stereocenters. The summed E-state index contributed by atoms with van der Waals surface area (Å²) in [6, 6.07) is 0. The van der Waals surface area contributed by atoms with Crippen molar-refractivity contribution in [2.75, 3.05) is 6.67 Å². The standard InChI is InChI=1S/C2H5F.BFH2/c1-2-3;1-2/h2H2,1H3;1H2. The Morgan fingerprint density at radius 1 is 1.60 bits per heavy atom. The fraction of sp³-hybridized carbons (Fsp3) is 1.00. The van der Waals surface area contributed by atoms with Crippen LogP contribution < -0.4 is 0 Å². The Kier molecular flexibility index (Phi) is 69.6. The first-order valence-corrected chi connectivity index (χ1v) is 1.35. The molecule has 32 valence electrons. The summed E-state index contributed by atoms with van der Waals surface area (Å²) in [6.45, 7) is 1.21. The van der Waals surface area contributed by atoms with Crippen molar-refractivity contribution >= 4 is 8.12 Å². The number of rotatable bonds is 0. The predicted molar refractivity (Wildman–Crippen MR) is 21.3 cm³/mol. The Balaban J connectivity index is 0. The highest BCUT2D eigenvalue weighted by Crippen LogP contribution is 1.48. The Morgan fingerprint density at radius 3 is 1.60 bits per heavy atom. The van der Waals surface area contributed by atoms with Gasteiger partial charge in [-0.1, -0.05) is 0 Å². The van der Waals surface area contributed by atoms with Crippen molar-refractivity contribution in [1.29, 1.82) is 0 Å². The summed E-state index contributed by atoms with van der Waals surface area (Å²) >= 11 is 0. The van der Waals surface area contributed by atoms with Crippen molar-refractivity contribution in [3.05, 3.63) is 0 Å². The van der Waals surface area contributed by atoms with Gasteiger partial charge < -0.3 is 4.32 Å². The van der Waals surface area contributed by atoms with E-state index in [9.17, 15) is 8.71 Å². The summed E-state index contributed by atoms with van der Waals surface area (Å²) in [7, 11) is 0.500. The molecule has 0 aliphatic heterocycles. The zero-order valence-corrected chi connectivity index (χ0v) is 3.46. The van der Waals surface area contributed by atoms with Crippen LogP contribution in [-0.4, -0.2) is 14.8 Å². The van der Waals surface area contributed by atoms with Crippen LogP contribution in [-0.2, 0) is 0 Å². The Hall–Kier alpha value is -0.0751. The third kappa shape index (κ3) is 2580. The second-order valence-corrected chi connectivity index (χ2v) is 0.267. The van der Waals surface area contributed by atoms with Crippen LogP contribution in [0.4, 0.5) is 8.71 Å². The van der Waals surface area contributed by atoms with Gasteiger partial charge in [0.05, 0.1) is 6.67 Å². The zero-order valence-electron chi connectivity index (χ0n) is 3.46. The van der Waals surface area contributed by atoms with Crippen LogP contribution in [0.15, 0.2) is 0 Å². The molecule has 0 saturated carbocycles. The second-order valence-electron chi connectivity index (χ2n) is 0.267. The van der Waals surface area contributed by atoms with Gasteiger partial charge in [0.1, 0.15) is 0 Å². The van der Waals surface area contributed by atoms with E-state index in [1.54, 1.807) is 0 Å². The molecule has 0 spiro atoms. The van der Waals surface area contributed by atoms with Crippen LogP contribution >= 0.6 is 0 Å². The average Bonchev–Trinajstić information content (AvgIpc) is 1.46. The van der Waals surface area contributed by atoms with E-state index in [4.69, 9.17) is 0 Å². The number of halogens is 2. The summed E-state index contributed by atoms with van der Waals surface area (Å²) in [5, 5.41) is 0. The molecule has 0 rings (SSSR count). The molecule has 5 heavy (non-hydrogen) atoms. The Morgan fingerprint density at radius 2 is 1.60 bits per heavy atom. The third-order valence-corrected chi connectivity index (χ3v) is 0. The summed E-state index contributed by atoms with van der Waals surface area (Å²) in [6.07, 6.45) is 0. The highest BCUT2D eigenvalue weighted by Gasteiger charge is 1.39. The maximum atomic E-state index is 10.3. The Bertz CT molecular complexity index is 7.61. The van der Waals surface area contributed by atoms with Crippen LogP contribution in [0, 0.1) is 0 Å². The van der Waals surface area contributed by atoms with Gasteiger partial charge in [-0.3, -0.25) is 4.39 Å². The van der Waals surface area contributed by atoms with Gasteiger partial charge >= 0.3 is 8.12 Å². The highest BCUT2D eigenvalue weighted by atomic mass is 19.1. The third-order valence-electron chi connectivity index (χ3n) is 0. The van der Waals surface area contributed by atoms with Crippen molar-refractivity contribution in [1.82, 2.24) is 0 Å². The molecule has 0 aromatic carbocycles. The first-order chi connectivity index (χ1) is 2.41. The highest BCUT2D eigenvalue weighted by molar-refractivity contribution is 5.96. The summed E-state index contributed by atoms with van der Waals surface area (Å²) in [4.78, 5) is 0. The molecule has 3 heteroatoms. The molecule has 0 aromatic heterocycles. The molecule has 0 fully saturated rings. The smallest absolute Gasteiger partial charge is 0.314 e. The monoisotopic (exact) mass is 80.1 g/mol. The first-order valence-electron chi connectivity index (χ1n) is 1.35. The maximum absolute atomic E-state index is 10.3. The molecule has 0 heterocycles. The average molecular weight is 79.9 g/mol. The van der Waals surface area contributed by atoms with E-state index in [1.807, 2.05) is 0 Å². The lowest BCUT2D eigenvalue weighted by Gasteiger charge is -1.45. The van der Waals surface area contributed by atoms with Gasteiger partial charge in [-0.05, 0) is 6.92 Å². The van der Waals surface area contributed by atoms with Gasteiger partial charge in [0.2, 0.25) is 0 Å². The molecule has 0 amide bonds. The fourth-order valence-electron chi connectivity index (χ4n) is 0. The van der Waals surface area contributed by atoms with Crippen LogP contribution in [0.3, 0.4) is 0 Å². The topological polar surface area (TPSA) is 0 Å². The molecule has 0 aliphatic carbocycles. The van der Waals surface area contributed by atoms with Crippen LogP contribution in [0.1, 0.15) is 6.92 Å². The maximum Gasteiger partial charge on any atom is 0.314 e. The number of hydrogen-bond donors (Lipinski definition) is 0. The minimum atomic E-state index is -0.250. The lowest BCUT2D eigenvalue weighted by molar-refractivity contribution is 0.527. The molecule has 0 saturated heterocycles. The second kappa shape index (κ2) is 39.3. The number of alkyl halides is 1. The van der Waals surface area contributed by atoms with E-state index in [0.717, 1.165) is 0 Å². The lowest BCUT2D eigenvalue weighted by atomic mass is 10.7. The van der Waals surface area contributed by atoms with Crippen LogP contribution in [0.5, 0.6) is 0 Å². The van der Waals surface area contributed by atoms with Gasteiger partial charge in [0.25, 0.3) is 0 Å². The van der Waals surface area contributed by atoms with E-state index < -0.39 is 0 Å². The fourth-order valence-corrected chi connectivity index (χ4v) is 0. The molecular formula is C2H7BF2. The summed E-state index contributed by atoms with van der Waals surface area (Å²) < 4.78 is 19.8. The zero-order chi connectivity index (χ0) is 4.71. The Labute approximate surface area is 31.6 Å². The molecule has 0 N–H and O–H groups in total. The lowest BCUT2D eigenvalue weighted by Crippen LogP contribution is -1.40. The van der Waals surface area contributed by atoms with E-state index in [2.05, 4.69) is 0 Å². The van der Waals surface area contributed by atoms with Crippen LogP contribution in [0.25, 0.3) is 0 Å². The minimum Gasteiger partial charge on any atom is -0.347 e. The van der Waals surface area contributed by atoms with Gasteiger partial charge in [-0.25, -0.2) is 0 Å². The molecule has 0 radical (unpaired) electrons. The van der Waals surface area contributed by atoms with Crippen molar-refractivity contribution < 1.29 is 8.71 Å². The molecule has 0 aliphatic rings.